The van der Waals surface area contributed by atoms with E-state index in [1.807, 2.05) is 6.92 Å². The lowest BCUT2D eigenvalue weighted by Gasteiger charge is -2.10. The molecule has 0 unspecified atom stereocenters. The average Bonchev–Trinajstić information content (AvgIpc) is 2.26. The third kappa shape index (κ3) is 3.71. The third-order valence-electron chi connectivity index (χ3n) is 2.29. The molecule has 1 aromatic carbocycles. The number of hydrogen-bond acceptors (Lipinski definition) is 4. The minimum atomic E-state index is -3.87. The summed E-state index contributed by atoms with van der Waals surface area (Å²) in [5.74, 6) is -0.561. The highest BCUT2D eigenvalue weighted by atomic mass is 35.7. The van der Waals surface area contributed by atoms with Gasteiger partial charge in [0.05, 0.1) is 16.6 Å². The first-order valence-electron chi connectivity index (χ1n) is 5.54. The van der Waals surface area contributed by atoms with Gasteiger partial charge in [0.2, 0.25) is 0 Å². The molecule has 6 heteroatoms. The van der Waals surface area contributed by atoms with Gasteiger partial charge in [-0.2, -0.15) is 0 Å². The number of ether oxygens (including phenoxy) is 1. The molecule has 1 rings (SSSR count). The molecule has 0 aliphatic carbocycles. The molecule has 0 bridgehead atoms. The molecular formula is C12H15ClO4S. The van der Waals surface area contributed by atoms with Crippen LogP contribution in [0.5, 0.6) is 0 Å². The van der Waals surface area contributed by atoms with Gasteiger partial charge in [0.1, 0.15) is 0 Å². The van der Waals surface area contributed by atoms with Crippen molar-refractivity contribution < 1.29 is 17.9 Å². The normalized spacial score (nSPS) is 11.6. The number of aryl methyl sites for hydroxylation is 1. The lowest BCUT2D eigenvalue weighted by molar-refractivity contribution is 0.0377. The predicted octanol–water partition coefficient (Wildman–Crippen LogP) is 2.74. The van der Waals surface area contributed by atoms with Crippen LogP contribution in [0.4, 0.5) is 0 Å². The van der Waals surface area contributed by atoms with Crippen LogP contribution in [0.15, 0.2) is 23.1 Å². The van der Waals surface area contributed by atoms with Crippen molar-refractivity contribution in [2.24, 2.45) is 0 Å². The summed E-state index contributed by atoms with van der Waals surface area (Å²) in [5.41, 5.74) is 0.756. The maximum Gasteiger partial charge on any atom is 0.338 e. The first-order chi connectivity index (χ1) is 8.25. The van der Waals surface area contributed by atoms with E-state index in [9.17, 15) is 13.2 Å². The molecule has 0 atom stereocenters. The van der Waals surface area contributed by atoms with Gasteiger partial charge in [-0.1, -0.05) is 13.0 Å². The number of halogens is 1. The van der Waals surface area contributed by atoms with Crippen LogP contribution in [0.2, 0.25) is 0 Å². The summed E-state index contributed by atoms with van der Waals surface area (Å²) in [5, 5.41) is 0. The fraction of sp³-hybridized carbons (Fsp3) is 0.417. The van der Waals surface area contributed by atoms with Gasteiger partial charge < -0.3 is 4.74 Å². The number of benzene rings is 1. The molecule has 0 spiro atoms. The third-order valence-corrected chi connectivity index (χ3v) is 3.69. The largest absolute Gasteiger partial charge is 0.459 e. The van der Waals surface area contributed by atoms with Gasteiger partial charge in [-0.05, 0) is 38.0 Å². The molecule has 0 aliphatic heterocycles. The molecule has 0 fully saturated rings. The number of carbonyl (C=O) groups excluding carboxylic acids is 1. The Morgan fingerprint density at radius 2 is 2.00 bits per heavy atom. The van der Waals surface area contributed by atoms with E-state index in [0.29, 0.717) is 12.0 Å². The van der Waals surface area contributed by atoms with Crippen molar-refractivity contribution in [3.63, 3.8) is 0 Å². The van der Waals surface area contributed by atoms with Crippen LogP contribution in [0.1, 0.15) is 36.7 Å². The standard InChI is InChI=1S/C12H15ClO4S/c1-4-9-5-6-10(12(14)17-8(2)3)7-11(9)18(13,15)16/h5-8H,4H2,1-3H3. The zero-order valence-corrected chi connectivity index (χ0v) is 12.0. The molecule has 0 aromatic heterocycles. The first-order valence-corrected chi connectivity index (χ1v) is 7.85. The number of rotatable bonds is 4. The molecule has 4 nitrogen and oxygen atoms in total. The van der Waals surface area contributed by atoms with E-state index < -0.39 is 15.0 Å². The van der Waals surface area contributed by atoms with Gasteiger partial charge in [0.15, 0.2) is 0 Å². The number of hydrogen-bond donors (Lipinski definition) is 0. The van der Waals surface area contributed by atoms with Crippen LogP contribution in [0.3, 0.4) is 0 Å². The van der Waals surface area contributed by atoms with E-state index in [4.69, 9.17) is 15.4 Å². The van der Waals surface area contributed by atoms with Crippen LogP contribution in [-0.4, -0.2) is 20.5 Å². The fourth-order valence-corrected chi connectivity index (χ4v) is 2.71. The van der Waals surface area contributed by atoms with Crippen molar-refractivity contribution in [3.05, 3.63) is 29.3 Å². The quantitative estimate of drug-likeness (QED) is 0.632. The van der Waals surface area contributed by atoms with Crippen molar-refractivity contribution in [1.82, 2.24) is 0 Å². The van der Waals surface area contributed by atoms with Gasteiger partial charge in [-0.15, -0.1) is 0 Å². The zero-order chi connectivity index (χ0) is 13.9. The van der Waals surface area contributed by atoms with E-state index in [2.05, 4.69) is 0 Å². The van der Waals surface area contributed by atoms with Crippen LogP contribution in [-0.2, 0) is 20.2 Å². The Morgan fingerprint density at radius 3 is 2.44 bits per heavy atom. The highest BCUT2D eigenvalue weighted by molar-refractivity contribution is 8.13. The summed E-state index contributed by atoms with van der Waals surface area (Å²) in [6.07, 6.45) is 0.250. The van der Waals surface area contributed by atoms with Gasteiger partial charge >= 0.3 is 5.97 Å². The summed E-state index contributed by atoms with van der Waals surface area (Å²) in [4.78, 5) is 11.6. The molecule has 0 saturated carbocycles. The summed E-state index contributed by atoms with van der Waals surface area (Å²) >= 11 is 0. The highest BCUT2D eigenvalue weighted by Crippen LogP contribution is 2.22. The van der Waals surface area contributed by atoms with Gasteiger partial charge in [0, 0.05) is 10.7 Å². The molecule has 0 aliphatic rings. The molecular weight excluding hydrogens is 276 g/mol. The van der Waals surface area contributed by atoms with Crippen molar-refractivity contribution in [3.8, 4) is 0 Å². The number of carbonyl (C=O) groups is 1. The zero-order valence-electron chi connectivity index (χ0n) is 10.4. The highest BCUT2D eigenvalue weighted by Gasteiger charge is 2.18. The lowest BCUT2D eigenvalue weighted by Crippen LogP contribution is -2.12. The minimum Gasteiger partial charge on any atom is -0.459 e. The Kier molecular flexibility index (Phi) is 4.76. The van der Waals surface area contributed by atoms with E-state index in [1.165, 1.54) is 12.1 Å². The summed E-state index contributed by atoms with van der Waals surface area (Å²) < 4.78 is 27.8. The van der Waals surface area contributed by atoms with Crippen molar-refractivity contribution in [2.75, 3.05) is 0 Å². The molecule has 0 N–H and O–H groups in total. The van der Waals surface area contributed by atoms with Crippen molar-refractivity contribution in [1.29, 1.82) is 0 Å². The van der Waals surface area contributed by atoms with Crippen molar-refractivity contribution in [2.45, 2.75) is 38.2 Å². The average molecular weight is 291 g/mol. The minimum absolute atomic E-state index is 0.0372. The summed E-state index contributed by atoms with van der Waals surface area (Å²) in [6, 6.07) is 4.37. The van der Waals surface area contributed by atoms with Crippen LogP contribution >= 0.6 is 10.7 Å². The molecule has 18 heavy (non-hydrogen) atoms. The number of esters is 1. The first kappa shape index (κ1) is 15.0. The van der Waals surface area contributed by atoms with Gasteiger partial charge in [-0.25, -0.2) is 13.2 Å². The van der Waals surface area contributed by atoms with Gasteiger partial charge in [0.25, 0.3) is 9.05 Å². The molecule has 0 heterocycles. The van der Waals surface area contributed by atoms with Crippen molar-refractivity contribution >= 4 is 25.7 Å². The molecule has 0 saturated heterocycles. The van der Waals surface area contributed by atoms with Gasteiger partial charge in [-0.3, -0.25) is 0 Å². The predicted molar refractivity (Wildman–Crippen MR) is 69.4 cm³/mol. The Bertz CT molecular complexity index is 549. The van der Waals surface area contributed by atoms with E-state index in [-0.39, 0.29) is 16.6 Å². The molecule has 1 aromatic rings. The maximum atomic E-state index is 11.7. The topological polar surface area (TPSA) is 60.4 Å². The Morgan fingerprint density at radius 1 is 1.39 bits per heavy atom. The monoisotopic (exact) mass is 290 g/mol. The second-order valence-corrected chi connectivity index (χ2v) is 6.60. The van der Waals surface area contributed by atoms with Crippen LogP contribution in [0, 0.1) is 0 Å². The van der Waals surface area contributed by atoms with E-state index in [1.54, 1.807) is 19.9 Å². The Hall–Kier alpha value is -1.07. The Balaban J connectivity index is 3.23. The van der Waals surface area contributed by atoms with Crippen LogP contribution < -0.4 is 0 Å². The molecule has 0 amide bonds. The smallest absolute Gasteiger partial charge is 0.338 e. The van der Waals surface area contributed by atoms with E-state index >= 15 is 0 Å². The second-order valence-electron chi connectivity index (χ2n) is 4.07. The maximum absolute atomic E-state index is 11.7. The second kappa shape index (κ2) is 5.71. The van der Waals surface area contributed by atoms with E-state index in [0.717, 1.165) is 0 Å². The summed E-state index contributed by atoms with van der Waals surface area (Å²) in [6.45, 7) is 5.25. The SMILES string of the molecule is CCc1ccc(C(=O)OC(C)C)cc1S(=O)(=O)Cl. The molecule has 0 radical (unpaired) electrons. The lowest BCUT2D eigenvalue weighted by atomic mass is 10.1. The molecule has 100 valence electrons. The Labute approximate surface area is 111 Å². The van der Waals surface area contributed by atoms with Crippen LogP contribution in [0.25, 0.3) is 0 Å². The summed E-state index contributed by atoms with van der Waals surface area (Å²) in [7, 11) is 1.48. The fourth-order valence-electron chi connectivity index (χ4n) is 1.48.